The average Bonchev–Trinajstić information content (AvgIpc) is 2.66. The van der Waals surface area contributed by atoms with Gasteiger partial charge in [0, 0.05) is 17.7 Å². The predicted molar refractivity (Wildman–Crippen MR) is 104 cm³/mol. The molecule has 0 aromatic heterocycles. The summed E-state index contributed by atoms with van der Waals surface area (Å²) in [5.74, 6) is 0.0337. The van der Waals surface area contributed by atoms with Crippen molar-refractivity contribution in [2.75, 3.05) is 18.5 Å². The Kier molecular flexibility index (Phi) is 7.67. The third-order valence-electron chi connectivity index (χ3n) is 3.78. The molecule has 0 saturated carbocycles. The van der Waals surface area contributed by atoms with Gasteiger partial charge in [-0.25, -0.2) is 0 Å². The zero-order valence-corrected chi connectivity index (χ0v) is 15.7. The Bertz CT molecular complexity index is 788. The molecule has 27 heavy (non-hydrogen) atoms. The Morgan fingerprint density at radius 2 is 1.85 bits per heavy atom. The molecule has 6 nitrogen and oxygen atoms in total. The number of carboxylic acids is 1. The molecule has 2 N–H and O–H groups in total. The van der Waals surface area contributed by atoms with Crippen molar-refractivity contribution in [2.45, 2.75) is 33.1 Å². The normalized spacial score (nSPS) is 10.3. The fourth-order valence-electron chi connectivity index (χ4n) is 2.51. The van der Waals surface area contributed by atoms with Crippen molar-refractivity contribution in [3.63, 3.8) is 0 Å². The Hall–Kier alpha value is -3.02. The minimum atomic E-state index is -0.849. The maximum atomic E-state index is 12.6. The largest absolute Gasteiger partial charge is 0.490 e. The molecule has 144 valence electrons. The molecule has 2 aromatic rings. The topological polar surface area (TPSA) is 84.9 Å². The number of rotatable bonds is 10. The van der Waals surface area contributed by atoms with E-state index in [-0.39, 0.29) is 12.3 Å². The Balaban J connectivity index is 2.12. The van der Waals surface area contributed by atoms with E-state index < -0.39 is 5.97 Å². The standard InChI is InChI=1S/C21H25NO5/c1-3-12-27-18-10-9-16(14-19(18)26-4-2)21(25)22-17-7-5-6-15(13-17)8-11-20(23)24/h5-7,9-10,13-14H,3-4,8,11-12H2,1-2H3,(H,22,25)(H,23,24). The highest BCUT2D eigenvalue weighted by Crippen LogP contribution is 2.29. The number of ether oxygens (including phenoxy) is 2. The van der Waals surface area contributed by atoms with Crippen LogP contribution in [0, 0.1) is 0 Å². The van der Waals surface area contributed by atoms with E-state index in [1.165, 1.54) is 0 Å². The van der Waals surface area contributed by atoms with Crippen LogP contribution in [-0.2, 0) is 11.2 Å². The van der Waals surface area contributed by atoms with Gasteiger partial charge in [-0.05, 0) is 55.7 Å². The number of anilines is 1. The molecule has 0 aliphatic carbocycles. The number of hydrogen-bond donors (Lipinski definition) is 2. The Labute approximate surface area is 159 Å². The van der Waals surface area contributed by atoms with Gasteiger partial charge >= 0.3 is 5.97 Å². The van der Waals surface area contributed by atoms with Crippen molar-refractivity contribution < 1.29 is 24.2 Å². The van der Waals surface area contributed by atoms with Gasteiger partial charge in [0.05, 0.1) is 13.2 Å². The molecule has 0 aliphatic rings. The first-order valence-corrected chi connectivity index (χ1v) is 9.05. The highest BCUT2D eigenvalue weighted by Gasteiger charge is 2.12. The maximum Gasteiger partial charge on any atom is 0.303 e. The van der Waals surface area contributed by atoms with Crippen molar-refractivity contribution >= 4 is 17.6 Å². The number of nitrogens with one attached hydrogen (secondary N) is 1. The summed E-state index contributed by atoms with van der Waals surface area (Å²) in [4.78, 5) is 23.3. The Morgan fingerprint density at radius 1 is 1.04 bits per heavy atom. The molecule has 1 amide bonds. The van der Waals surface area contributed by atoms with Crippen LogP contribution in [-0.4, -0.2) is 30.2 Å². The second kappa shape index (κ2) is 10.2. The van der Waals surface area contributed by atoms with Gasteiger partial charge in [0.25, 0.3) is 5.91 Å². The molecular weight excluding hydrogens is 346 g/mol. The van der Waals surface area contributed by atoms with Crippen molar-refractivity contribution in [3.8, 4) is 11.5 Å². The predicted octanol–water partition coefficient (Wildman–Crippen LogP) is 4.14. The van der Waals surface area contributed by atoms with Crippen LogP contribution in [0.4, 0.5) is 5.69 Å². The van der Waals surface area contributed by atoms with E-state index in [0.29, 0.717) is 42.4 Å². The summed E-state index contributed by atoms with van der Waals surface area (Å²) in [6, 6.07) is 12.3. The van der Waals surface area contributed by atoms with Crippen LogP contribution >= 0.6 is 0 Å². The summed E-state index contributed by atoms with van der Waals surface area (Å²) in [5, 5.41) is 11.6. The third-order valence-corrected chi connectivity index (χ3v) is 3.78. The van der Waals surface area contributed by atoms with Gasteiger partial charge in [-0.15, -0.1) is 0 Å². The first kappa shape index (κ1) is 20.3. The quantitative estimate of drug-likeness (QED) is 0.655. The van der Waals surface area contributed by atoms with Crippen LogP contribution in [0.25, 0.3) is 0 Å². The number of hydrogen-bond acceptors (Lipinski definition) is 4. The fraction of sp³-hybridized carbons (Fsp3) is 0.333. The molecular formula is C21H25NO5. The lowest BCUT2D eigenvalue weighted by Gasteiger charge is -2.13. The summed E-state index contributed by atoms with van der Waals surface area (Å²) < 4.78 is 11.2. The van der Waals surface area contributed by atoms with E-state index in [2.05, 4.69) is 5.32 Å². The number of carbonyl (C=O) groups is 2. The van der Waals surface area contributed by atoms with E-state index in [0.717, 1.165) is 12.0 Å². The summed E-state index contributed by atoms with van der Waals surface area (Å²) in [6.07, 6.45) is 1.34. The molecule has 0 aliphatic heterocycles. The van der Waals surface area contributed by atoms with Gasteiger partial charge in [0.2, 0.25) is 0 Å². The minimum Gasteiger partial charge on any atom is -0.490 e. The van der Waals surface area contributed by atoms with E-state index in [4.69, 9.17) is 14.6 Å². The van der Waals surface area contributed by atoms with Crippen LogP contribution in [0.15, 0.2) is 42.5 Å². The number of carbonyl (C=O) groups excluding carboxylic acids is 1. The van der Waals surface area contributed by atoms with Gasteiger partial charge in [0.15, 0.2) is 11.5 Å². The number of amides is 1. The molecule has 0 radical (unpaired) electrons. The number of benzene rings is 2. The van der Waals surface area contributed by atoms with E-state index >= 15 is 0 Å². The van der Waals surface area contributed by atoms with Crippen molar-refractivity contribution in [2.24, 2.45) is 0 Å². The number of aryl methyl sites for hydroxylation is 1. The highest BCUT2D eigenvalue weighted by atomic mass is 16.5. The molecule has 0 unspecified atom stereocenters. The maximum absolute atomic E-state index is 12.6. The molecule has 0 saturated heterocycles. The smallest absolute Gasteiger partial charge is 0.303 e. The van der Waals surface area contributed by atoms with Gasteiger partial charge in [-0.3, -0.25) is 9.59 Å². The molecule has 2 aromatic carbocycles. The lowest BCUT2D eigenvalue weighted by atomic mass is 10.1. The first-order chi connectivity index (χ1) is 13.0. The molecule has 0 atom stereocenters. The number of carboxylic acid groups (broad SMARTS) is 1. The van der Waals surface area contributed by atoms with E-state index in [9.17, 15) is 9.59 Å². The van der Waals surface area contributed by atoms with Crippen LogP contribution in [0.3, 0.4) is 0 Å². The Morgan fingerprint density at radius 3 is 2.56 bits per heavy atom. The second-order valence-electron chi connectivity index (χ2n) is 5.99. The van der Waals surface area contributed by atoms with E-state index in [1.54, 1.807) is 36.4 Å². The van der Waals surface area contributed by atoms with Gasteiger partial charge in [-0.1, -0.05) is 19.1 Å². The van der Waals surface area contributed by atoms with Gasteiger partial charge in [-0.2, -0.15) is 0 Å². The fourth-order valence-corrected chi connectivity index (χ4v) is 2.51. The average molecular weight is 371 g/mol. The first-order valence-electron chi connectivity index (χ1n) is 9.05. The van der Waals surface area contributed by atoms with Crippen LogP contribution in [0.5, 0.6) is 11.5 Å². The van der Waals surface area contributed by atoms with Gasteiger partial charge < -0.3 is 19.9 Å². The summed E-state index contributed by atoms with van der Waals surface area (Å²) in [7, 11) is 0. The summed E-state index contributed by atoms with van der Waals surface area (Å²) in [6.45, 7) is 4.94. The molecule has 0 heterocycles. The molecule has 0 bridgehead atoms. The third kappa shape index (κ3) is 6.33. The van der Waals surface area contributed by atoms with Crippen LogP contribution in [0.1, 0.15) is 42.6 Å². The summed E-state index contributed by atoms with van der Waals surface area (Å²) in [5.41, 5.74) is 1.93. The minimum absolute atomic E-state index is 0.0499. The van der Waals surface area contributed by atoms with Gasteiger partial charge in [0.1, 0.15) is 0 Å². The molecule has 2 rings (SSSR count). The lowest BCUT2D eigenvalue weighted by molar-refractivity contribution is -0.136. The monoisotopic (exact) mass is 371 g/mol. The highest BCUT2D eigenvalue weighted by molar-refractivity contribution is 6.04. The van der Waals surface area contributed by atoms with Crippen molar-refractivity contribution in [1.29, 1.82) is 0 Å². The summed E-state index contributed by atoms with van der Waals surface area (Å²) >= 11 is 0. The van der Waals surface area contributed by atoms with E-state index in [1.807, 2.05) is 19.9 Å². The van der Waals surface area contributed by atoms with Crippen molar-refractivity contribution in [3.05, 3.63) is 53.6 Å². The second-order valence-corrected chi connectivity index (χ2v) is 5.99. The zero-order valence-electron chi connectivity index (χ0n) is 15.7. The van der Waals surface area contributed by atoms with Crippen LogP contribution < -0.4 is 14.8 Å². The molecule has 0 fully saturated rings. The number of aliphatic carboxylic acids is 1. The molecule has 6 heteroatoms. The lowest BCUT2D eigenvalue weighted by Crippen LogP contribution is -2.12. The SMILES string of the molecule is CCCOc1ccc(C(=O)Nc2cccc(CCC(=O)O)c2)cc1OCC. The van der Waals surface area contributed by atoms with Crippen LogP contribution in [0.2, 0.25) is 0 Å². The molecule has 0 spiro atoms. The van der Waals surface area contributed by atoms with Crippen molar-refractivity contribution in [1.82, 2.24) is 0 Å². The zero-order chi connectivity index (χ0) is 19.6.